The number of hydrogen-bond donors (Lipinski definition) is 1. The molecular weight excluding hydrogens is 410 g/mol. The number of nitrogens with zero attached hydrogens (tertiary/aromatic N) is 1. The molecule has 1 N–H and O–H groups in total. The molecule has 3 rings (SSSR count). The predicted octanol–water partition coefficient (Wildman–Crippen LogP) is 3.55. The van der Waals surface area contributed by atoms with Crippen LogP contribution in [0.5, 0.6) is 5.75 Å². The van der Waals surface area contributed by atoms with Crippen LogP contribution in [0.25, 0.3) is 0 Å². The summed E-state index contributed by atoms with van der Waals surface area (Å²) in [6.45, 7) is 2.08. The van der Waals surface area contributed by atoms with Gasteiger partial charge in [-0.25, -0.2) is 0 Å². The summed E-state index contributed by atoms with van der Waals surface area (Å²) in [5.41, 5.74) is 1.76. The molecule has 1 aliphatic heterocycles. The summed E-state index contributed by atoms with van der Waals surface area (Å²) in [5.74, 6) is -1.43. The number of amides is 1. The van der Waals surface area contributed by atoms with Gasteiger partial charge in [-0.05, 0) is 36.1 Å². The molecule has 32 heavy (non-hydrogen) atoms. The van der Waals surface area contributed by atoms with E-state index in [4.69, 9.17) is 9.47 Å². The smallest absolute Gasteiger partial charge is 0.308 e. The van der Waals surface area contributed by atoms with Crippen molar-refractivity contribution in [3.05, 3.63) is 77.1 Å². The van der Waals surface area contributed by atoms with E-state index in [1.807, 2.05) is 30.3 Å². The SMILES string of the molecule is COCCCN1C(=O)C(O)=C(C(=O)CCc2ccccc2)C1c1ccc(OC(C)=O)cc1. The topological polar surface area (TPSA) is 93.1 Å². The Morgan fingerprint density at radius 3 is 2.38 bits per heavy atom. The number of carbonyl (C=O) groups excluding carboxylic acids is 3. The van der Waals surface area contributed by atoms with Crippen molar-refractivity contribution in [2.24, 2.45) is 0 Å². The lowest BCUT2D eigenvalue weighted by atomic mass is 9.93. The fraction of sp³-hybridized carbons (Fsp3) is 0.320. The lowest BCUT2D eigenvalue weighted by molar-refractivity contribution is -0.132. The first-order valence-corrected chi connectivity index (χ1v) is 10.5. The molecule has 7 heteroatoms. The van der Waals surface area contributed by atoms with Gasteiger partial charge < -0.3 is 19.5 Å². The summed E-state index contributed by atoms with van der Waals surface area (Å²) in [6.07, 6.45) is 1.24. The number of aryl methyl sites for hydroxylation is 1. The molecule has 1 atom stereocenters. The molecule has 0 bridgehead atoms. The van der Waals surface area contributed by atoms with Crippen molar-refractivity contribution < 1.29 is 29.0 Å². The van der Waals surface area contributed by atoms with Crippen LogP contribution >= 0.6 is 0 Å². The third-order valence-corrected chi connectivity index (χ3v) is 5.29. The van der Waals surface area contributed by atoms with Crippen LogP contribution in [0, 0.1) is 0 Å². The molecule has 0 spiro atoms. The Morgan fingerprint density at radius 1 is 1.06 bits per heavy atom. The second-order valence-electron chi connectivity index (χ2n) is 7.58. The van der Waals surface area contributed by atoms with E-state index < -0.39 is 23.7 Å². The highest BCUT2D eigenvalue weighted by Gasteiger charge is 2.42. The Hall–Kier alpha value is -3.45. The summed E-state index contributed by atoms with van der Waals surface area (Å²) in [7, 11) is 1.57. The first-order chi connectivity index (χ1) is 15.4. The summed E-state index contributed by atoms with van der Waals surface area (Å²) in [4.78, 5) is 38.7. The molecule has 2 aromatic rings. The van der Waals surface area contributed by atoms with E-state index in [9.17, 15) is 19.5 Å². The average molecular weight is 437 g/mol. The number of hydrogen-bond acceptors (Lipinski definition) is 6. The van der Waals surface area contributed by atoms with Crippen molar-refractivity contribution in [2.45, 2.75) is 32.2 Å². The number of aliphatic hydroxyl groups is 1. The molecule has 0 radical (unpaired) electrons. The minimum Gasteiger partial charge on any atom is -0.503 e. The zero-order valence-electron chi connectivity index (χ0n) is 18.2. The largest absolute Gasteiger partial charge is 0.503 e. The van der Waals surface area contributed by atoms with Crippen LogP contribution in [0.1, 0.15) is 36.9 Å². The van der Waals surface area contributed by atoms with Crippen LogP contribution < -0.4 is 4.74 Å². The van der Waals surface area contributed by atoms with Crippen LogP contribution in [0.2, 0.25) is 0 Å². The van der Waals surface area contributed by atoms with E-state index in [0.29, 0.717) is 37.3 Å². The first-order valence-electron chi connectivity index (χ1n) is 10.5. The Kier molecular flexibility index (Phi) is 7.78. The van der Waals surface area contributed by atoms with Crippen LogP contribution in [0.3, 0.4) is 0 Å². The molecule has 0 saturated heterocycles. The van der Waals surface area contributed by atoms with E-state index in [2.05, 4.69) is 0 Å². The maximum absolute atomic E-state index is 13.2. The normalized spacial score (nSPS) is 15.9. The fourth-order valence-corrected chi connectivity index (χ4v) is 3.82. The van der Waals surface area contributed by atoms with Crippen LogP contribution in [0.15, 0.2) is 65.9 Å². The lowest BCUT2D eigenvalue weighted by Gasteiger charge is -2.27. The van der Waals surface area contributed by atoms with Gasteiger partial charge in [0.2, 0.25) is 0 Å². The minimum atomic E-state index is -0.714. The van der Waals surface area contributed by atoms with Gasteiger partial charge in [0, 0.05) is 33.6 Å². The van der Waals surface area contributed by atoms with Gasteiger partial charge in [0.1, 0.15) is 5.75 Å². The summed E-state index contributed by atoms with van der Waals surface area (Å²) >= 11 is 0. The van der Waals surface area contributed by atoms with E-state index in [-0.39, 0.29) is 17.8 Å². The second-order valence-corrected chi connectivity index (χ2v) is 7.58. The van der Waals surface area contributed by atoms with E-state index in [1.165, 1.54) is 11.8 Å². The van der Waals surface area contributed by atoms with E-state index >= 15 is 0 Å². The molecule has 2 aromatic carbocycles. The van der Waals surface area contributed by atoms with Gasteiger partial charge in [0.15, 0.2) is 11.5 Å². The Bertz CT molecular complexity index is 997. The quantitative estimate of drug-likeness (QED) is 0.347. The molecular formula is C25H27NO6. The Balaban J connectivity index is 1.88. The van der Waals surface area contributed by atoms with Gasteiger partial charge in [-0.1, -0.05) is 42.5 Å². The van der Waals surface area contributed by atoms with Crippen LogP contribution in [0.4, 0.5) is 0 Å². The number of methoxy groups -OCH3 is 1. The third kappa shape index (κ3) is 5.42. The first kappa shape index (κ1) is 23.2. The number of rotatable bonds is 10. The number of ether oxygens (including phenoxy) is 2. The number of Topliss-reactive ketones (excluding diaryl/α,β-unsaturated/α-hetero) is 1. The van der Waals surface area contributed by atoms with Gasteiger partial charge in [-0.3, -0.25) is 14.4 Å². The average Bonchev–Trinajstić information content (AvgIpc) is 3.03. The second kappa shape index (κ2) is 10.7. The number of ketones is 1. The summed E-state index contributed by atoms with van der Waals surface area (Å²) < 4.78 is 10.2. The van der Waals surface area contributed by atoms with Crippen LogP contribution in [-0.4, -0.2) is 47.9 Å². The lowest BCUT2D eigenvalue weighted by Crippen LogP contribution is -2.32. The maximum Gasteiger partial charge on any atom is 0.308 e. The summed E-state index contributed by atoms with van der Waals surface area (Å²) in [5, 5.41) is 10.6. The molecule has 1 aliphatic rings. The number of esters is 1. The fourth-order valence-electron chi connectivity index (χ4n) is 3.82. The van der Waals surface area contributed by atoms with Gasteiger partial charge in [-0.2, -0.15) is 0 Å². The van der Waals surface area contributed by atoms with Gasteiger partial charge in [0.05, 0.1) is 11.6 Å². The van der Waals surface area contributed by atoms with Crippen molar-refractivity contribution in [2.75, 3.05) is 20.3 Å². The highest BCUT2D eigenvalue weighted by atomic mass is 16.5. The summed E-state index contributed by atoms with van der Waals surface area (Å²) in [6, 6.07) is 15.5. The highest BCUT2D eigenvalue weighted by Crippen LogP contribution is 2.39. The molecule has 168 valence electrons. The molecule has 7 nitrogen and oxygen atoms in total. The van der Waals surface area contributed by atoms with Gasteiger partial charge in [0.25, 0.3) is 5.91 Å². The van der Waals surface area contributed by atoms with Crippen molar-refractivity contribution in [1.82, 2.24) is 4.90 Å². The molecule has 0 aromatic heterocycles. The van der Waals surface area contributed by atoms with Crippen LogP contribution in [-0.2, 0) is 25.5 Å². The van der Waals surface area contributed by atoms with Crippen molar-refractivity contribution in [3.63, 3.8) is 0 Å². The van der Waals surface area contributed by atoms with E-state index in [1.54, 1.807) is 31.4 Å². The molecule has 1 heterocycles. The van der Waals surface area contributed by atoms with Gasteiger partial charge >= 0.3 is 5.97 Å². The monoisotopic (exact) mass is 437 g/mol. The van der Waals surface area contributed by atoms with Crippen molar-refractivity contribution in [3.8, 4) is 5.75 Å². The van der Waals surface area contributed by atoms with E-state index in [0.717, 1.165) is 5.56 Å². The van der Waals surface area contributed by atoms with Gasteiger partial charge in [-0.15, -0.1) is 0 Å². The molecule has 1 unspecified atom stereocenters. The molecule has 0 aliphatic carbocycles. The maximum atomic E-state index is 13.2. The van der Waals surface area contributed by atoms with Crippen molar-refractivity contribution in [1.29, 1.82) is 0 Å². The molecule has 0 saturated carbocycles. The van der Waals surface area contributed by atoms with Crippen molar-refractivity contribution >= 4 is 17.7 Å². The zero-order valence-corrected chi connectivity index (χ0v) is 18.2. The Morgan fingerprint density at radius 2 is 1.75 bits per heavy atom. The predicted molar refractivity (Wildman–Crippen MR) is 118 cm³/mol. The zero-order chi connectivity index (χ0) is 23.1. The number of carbonyl (C=O) groups is 3. The highest BCUT2D eigenvalue weighted by molar-refractivity contribution is 6.09. The molecule has 0 fully saturated rings. The molecule has 1 amide bonds. The standard InChI is InChI=1S/C25H27NO6/c1-17(27)32-20-12-10-19(11-13-20)23-22(21(28)14-9-18-7-4-3-5-8-18)24(29)25(30)26(23)15-6-16-31-2/h3-5,7-8,10-13,23,29H,6,9,14-16H2,1-2H3. The Labute approximate surface area is 187 Å². The number of aliphatic hydroxyl groups excluding tert-OH is 1. The number of benzene rings is 2. The minimum absolute atomic E-state index is 0.101. The third-order valence-electron chi connectivity index (χ3n) is 5.29.